The Morgan fingerprint density at radius 2 is 1.97 bits per heavy atom. The Morgan fingerprint density at radius 1 is 1.19 bits per heavy atom. The second kappa shape index (κ2) is 11.3. The number of nitrogens with one attached hydrogen (secondary N) is 2. The number of ether oxygens (including phenoxy) is 1. The van der Waals surface area contributed by atoms with Crippen molar-refractivity contribution in [2.24, 2.45) is 7.05 Å². The van der Waals surface area contributed by atoms with E-state index >= 15 is 0 Å². The Kier molecular flexibility index (Phi) is 7.93. The summed E-state index contributed by atoms with van der Waals surface area (Å²) in [5.41, 5.74) is 4.01. The quantitative estimate of drug-likeness (QED) is 0.413. The minimum atomic E-state index is -0.293. The van der Waals surface area contributed by atoms with Crippen LogP contribution in [0.1, 0.15) is 12.8 Å². The van der Waals surface area contributed by atoms with Gasteiger partial charge in [0, 0.05) is 61.8 Å². The Labute approximate surface area is 217 Å². The van der Waals surface area contributed by atoms with E-state index < -0.39 is 0 Å². The number of rotatable bonds is 10. The van der Waals surface area contributed by atoms with Gasteiger partial charge in [-0.1, -0.05) is 18.7 Å². The maximum Gasteiger partial charge on any atom is 0.247 e. The van der Waals surface area contributed by atoms with Gasteiger partial charge in [-0.05, 0) is 45.1 Å². The van der Waals surface area contributed by atoms with E-state index in [4.69, 9.17) is 9.72 Å². The number of hydrogen-bond acceptors (Lipinski definition) is 7. The molecule has 1 aromatic carbocycles. The van der Waals surface area contributed by atoms with Crippen molar-refractivity contribution >= 4 is 41.1 Å². The van der Waals surface area contributed by atoms with E-state index in [1.807, 2.05) is 39.3 Å². The summed E-state index contributed by atoms with van der Waals surface area (Å²) >= 11 is 0. The summed E-state index contributed by atoms with van der Waals surface area (Å²) in [4.78, 5) is 25.7. The van der Waals surface area contributed by atoms with Crippen LogP contribution in [0, 0.1) is 0 Å². The molecule has 37 heavy (non-hydrogen) atoms. The predicted molar refractivity (Wildman–Crippen MR) is 151 cm³/mol. The molecule has 0 bridgehead atoms. The average molecular weight is 502 g/mol. The molecule has 0 fully saturated rings. The summed E-state index contributed by atoms with van der Waals surface area (Å²) in [7, 11) is 9.71. The molecule has 0 saturated carbocycles. The predicted octanol–water partition coefficient (Wildman–Crippen LogP) is 2.71. The van der Waals surface area contributed by atoms with Gasteiger partial charge in [-0.2, -0.15) is 0 Å². The van der Waals surface area contributed by atoms with Crippen LogP contribution in [0.15, 0.2) is 43.2 Å². The molecule has 0 saturated heterocycles. The Balaban J connectivity index is 1.71. The molecular weight excluding hydrogens is 466 g/mol. The van der Waals surface area contributed by atoms with Crippen LogP contribution in [-0.2, 0) is 11.8 Å². The number of carbonyl (C=O) groups excluding carboxylic acids is 1. The molecule has 1 aliphatic carbocycles. The number of amides is 1. The summed E-state index contributed by atoms with van der Waals surface area (Å²) in [5.74, 6) is 0.749. The third-order valence-corrected chi connectivity index (χ3v) is 6.35. The van der Waals surface area contributed by atoms with E-state index in [1.54, 1.807) is 13.3 Å². The highest BCUT2D eigenvalue weighted by Gasteiger charge is 2.17. The topological polar surface area (TPSA) is 87.5 Å². The molecule has 0 spiro atoms. The van der Waals surface area contributed by atoms with E-state index in [2.05, 4.69) is 62.0 Å². The second-order valence-electron chi connectivity index (χ2n) is 9.32. The molecule has 9 nitrogen and oxygen atoms in total. The second-order valence-corrected chi connectivity index (χ2v) is 9.32. The van der Waals surface area contributed by atoms with E-state index in [1.165, 1.54) is 16.6 Å². The standard InChI is InChI=1S/C28H35N7O2/c1-7-27(36)30-22-16-23(26(37-6)17-25(22)34(4)15-14-33(2)3)32-28-29-13-12-21(31-28)20-18-35(5)24-11-9-8-10-19(20)24/h7,10-13,16-18H,1,8-9,14-15H2,2-6H3,(H,30,36)(H,29,31,32). The van der Waals surface area contributed by atoms with Gasteiger partial charge < -0.3 is 29.7 Å². The first kappa shape index (κ1) is 26.0. The third kappa shape index (κ3) is 5.83. The number of aromatic nitrogens is 3. The molecule has 4 rings (SSSR count). The van der Waals surface area contributed by atoms with Gasteiger partial charge >= 0.3 is 0 Å². The van der Waals surface area contributed by atoms with Gasteiger partial charge in [0.15, 0.2) is 0 Å². The van der Waals surface area contributed by atoms with Crippen molar-refractivity contribution in [1.29, 1.82) is 0 Å². The zero-order chi connectivity index (χ0) is 26.5. The zero-order valence-electron chi connectivity index (χ0n) is 22.2. The van der Waals surface area contributed by atoms with Gasteiger partial charge in [0.2, 0.25) is 11.9 Å². The SMILES string of the molecule is C=CC(=O)Nc1cc(Nc2nccc(-c3cn(C)c4c3=CCCC=4)n2)c(OC)cc1N(C)CCN(C)C. The van der Waals surface area contributed by atoms with Gasteiger partial charge in [0.25, 0.3) is 0 Å². The first-order valence-electron chi connectivity index (χ1n) is 12.3. The van der Waals surface area contributed by atoms with Crippen LogP contribution >= 0.6 is 0 Å². The Hall–Kier alpha value is -4.11. The first-order chi connectivity index (χ1) is 17.8. The third-order valence-electron chi connectivity index (χ3n) is 6.35. The van der Waals surface area contributed by atoms with Crippen LogP contribution in [0.4, 0.5) is 23.0 Å². The normalized spacial score (nSPS) is 12.3. The van der Waals surface area contributed by atoms with E-state index in [-0.39, 0.29) is 5.91 Å². The molecule has 1 aliphatic rings. The smallest absolute Gasteiger partial charge is 0.247 e. The van der Waals surface area contributed by atoms with Gasteiger partial charge in [-0.15, -0.1) is 0 Å². The molecule has 0 radical (unpaired) electrons. The number of anilines is 4. The molecule has 9 heteroatoms. The molecule has 1 amide bonds. The van der Waals surface area contributed by atoms with E-state index in [0.717, 1.165) is 42.9 Å². The van der Waals surface area contributed by atoms with Gasteiger partial charge in [-0.3, -0.25) is 4.79 Å². The van der Waals surface area contributed by atoms with Crippen molar-refractivity contribution < 1.29 is 9.53 Å². The fourth-order valence-corrected chi connectivity index (χ4v) is 4.38. The largest absolute Gasteiger partial charge is 0.494 e. The maximum absolute atomic E-state index is 12.2. The number of hydrogen-bond donors (Lipinski definition) is 2. The lowest BCUT2D eigenvalue weighted by Crippen LogP contribution is -2.30. The minimum absolute atomic E-state index is 0.293. The summed E-state index contributed by atoms with van der Waals surface area (Å²) in [6, 6.07) is 5.66. The van der Waals surface area contributed by atoms with Crippen molar-refractivity contribution in [3.63, 3.8) is 0 Å². The number of likely N-dealkylation sites (N-methyl/N-ethyl adjacent to an activating group) is 2. The van der Waals surface area contributed by atoms with Crippen molar-refractivity contribution in [2.75, 3.05) is 56.9 Å². The molecule has 0 aliphatic heterocycles. The number of nitrogens with zero attached hydrogens (tertiary/aromatic N) is 5. The molecule has 3 aromatic rings. The van der Waals surface area contributed by atoms with Crippen LogP contribution in [0.5, 0.6) is 5.75 Å². The lowest BCUT2D eigenvalue weighted by molar-refractivity contribution is -0.111. The fraction of sp³-hybridized carbons (Fsp3) is 0.321. The van der Waals surface area contributed by atoms with Crippen LogP contribution < -0.4 is 30.8 Å². The van der Waals surface area contributed by atoms with E-state index in [9.17, 15) is 4.79 Å². The number of methoxy groups -OCH3 is 1. The van der Waals surface area contributed by atoms with E-state index in [0.29, 0.717) is 23.1 Å². The van der Waals surface area contributed by atoms with Crippen LogP contribution in [0.2, 0.25) is 0 Å². The molecule has 0 atom stereocenters. The Bertz CT molecular complexity index is 1430. The van der Waals surface area contributed by atoms with Crippen LogP contribution in [0.3, 0.4) is 0 Å². The van der Waals surface area contributed by atoms with Gasteiger partial charge in [0.1, 0.15) is 5.75 Å². The molecule has 2 heterocycles. The molecule has 0 unspecified atom stereocenters. The summed E-state index contributed by atoms with van der Waals surface area (Å²) < 4.78 is 7.85. The minimum Gasteiger partial charge on any atom is -0.494 e. The summed E-state index contributed by atoms with van der Waals surface area (Å²) in [6.07, 6.45) is 11.7. The van der Waals surface area contributed by atoms with Crippen LogP contribution in [0.25, 0.3) is 23.4 Å². The Morgan fingerprint density at radius 3 is 2.70 bits per heavy atom. The molecule has 194 valence electrons. The fourth-order valence-electron chi connectivity index (χ4n) is 4.38. The lowest BCUT2D eigenvalue weighted by atomic mass is 10.1. The zero-order valence-corrected chi connectivity index (χ0v) is 22.2. The highest BCUT2D eigenvalue weighted by Crippen LogP contribution is 2.38. The average Bonchev–Trinajstić information content (AvgIpc) is 3.24. The highest BCUT2D eigenvalue weighted by atomic mass is 16.5. The van der Waals surface area contributed by atoms with Gasteiger partial charge in [0.05, 0.1) is 29.9 Å². The van der Waals surface area contributed by atoms with Gasteiger partial charge in [-0.25, -0.2) is 9.97 Å². The lowest BCUT2D eigenvalue weighted by Gasteiger charge is -2.26. The molecular formula is C28H35N7O2. The number of carbonyl (C=O) groups is 1. The molecule has 2 N–H and O–H groups in total. The highest BCUT2D eigenvalue weighted by molar-refractivity contribution is 6.02. The summed E-state index contributed by atoms with van der Waals surface area (Å²) in [5, 5.41) is 8.63. The number of benzene rings is 1. The summed E-state index contributed by atoms with van der Waals surface area (Å²) in [6.45, 7) is 5.20. The van der Waals surface area contributed by atoms with Crippen molar-refractivity contribution in [1.82, 2.24) is 19.4 Å². The van der Waals surface area contributed by atoms with Crippen molar-refractivity contribution in [3.8, 4) is 17.0 Å². The van der Waals surface area contributed by atoms with Crippen molar-refractivity contribution in [2.45, 2.75) is 12.8 Å². The molecule has 2 aromatic heterocycles. The maximum atomic E-state index is 12.2. The first-order valence-corrected chi connectivity index (χ1v) is 12.3. The van der Waals surface area contributed by atoms with Crippen LogP contribution in [-0.4, -0.2) is 66.7 Å². The monoisotopic (exact) mass is 501 g/mol. The number of aryl methyl sites for hydroxylation is 1. The van der Waals surface area contributed by atoms with Crippen molar-refractivity contribution in [3.05, 3.63) is 53.8 Å². The number of fused-ring (bicyclic) bond motifs is 1.